The van der Waals surface area contributed by atoms with Gasteiger partial charge < -0.3 is 15.0 Å². The highest BCUT2D eigenvalue weighted by Gasteiger charge is 2.16. The second kappa shape index (κ2) is 6.93. The predicted octanol–water partition coefficient (Wildman–Crippen LogP) is 2.61. The van der Waals surface area contributed by atoms with Crippen molar-refractivity contribution in [1.82, 2.24) is 10.3 Å². The van der Waals surface area contributed by atoms with Gasteiger partial charge in [-0.05, 0) is 31.1 Å². The largest absolute Gasteiger partial charge is 0.495 e. The van der Waals surface area contributed by atoms with Gasteiger partial charge in [-0.15, -0.1) is 0 Å². The maximum atomic E-state index is 11.9. The van der Waals surface area contributed by atoms with E-state index in [4.69, 9.17) is 4.74 Å². The molecule has 0 atom stereocenters. The minimum atomic E-state index is -0.135. The quantitative estimate of drug-likeness (QED) is 0.636. The molecular weight excluding hydrogens is 280 g/mol. The Kier molecular flexibility index (Phi) is 4.99. The number of nitrogens with one attached hydrogen (secondary N) is 2. The van der Waals surface area contributed by atoms with Crippen LogP contribution in [0.2, 0.25) is 0 Å². The molecule has 2 aromatic rings. The first-order chi connectivity index (χ1) is 10.6. The van der Waals surface area contributed by atoms with E-state index in [0.717, 1.165) is 16.5 Å². The van der Waals surface area contributed by atoms with Gasteiger partial charge in [0.2, 0.25) is 5.91 Å². The third kappa shape index (κ3) is 3.19. The number of fused-ring (bicyclic) bond motifs is 1. The third-order valence-electron chi connectivity index (χ3n) is 3.47. The van der Waals surface area contributed by atoms with Crippen molar-refractivity contribution in [3.63, 3.8) is 0 Å². The molecule has 0 aliphatic rings. The maximum Gasteiger partial charge on any atom is 0.243 e. The fraction of sp³-hybridized carbons (Fsp3) is 0.294. The molecule has 116 valence electrons. The Morgan fingerprint density at radius 2 is 2.14 bits per heavy atom. The van der Waals surface area contributed by atoms with Gasteiger partial charge in [0.15, 0.2) is 5.78 Å². The Balaban J connectivity index is 2.32. The van der Waals surface area contributed by atoms with Crippen LogP contribution in [-0.4, -0.2) is 30.3 Å². The van der Waals surface area contributed by atoms with Crippen molar-refractivity contribution in [2.45, 2.75) is 20.3 Å². The first kappa shape index (κ1) is 15.8. The average Bonchev–Trinajstić information content (AvgIpc) is 2.86. The second-order valence-corrected chi connectivity index (χ2v) is 4.96. The van der Waals surface area contributed by atoms with Crippen LogP contribution in [0.4, 0.5) is 0 Å². The molecule has 0 saturated heterocycles. The van der Waals surface area contributed by atoms with Crippen molar-refractivity contribution in [2.24, 2.45) is 0 Å². The molecule has 5 heteroatoms. The van der Waals surface area contributed by atoms with Crippen LogP contribution in [-0.2, 0) is 11.2 Å². The van der Waals surface area contributed by atoms with Crippen LogP contribution >= 0.6 is 0 Å². The summed E-state index contributed by atoms with van der Waals surface area (Å²) in [7, 11) is 1.60. The molecule has 0 saturated carbocycles. The number of methoxy groups -OCH3 is 1. The number of carbonyl (C=O) groups excluding carboxylic acids is 2. The predicted molar refractivity (Wildman–Crippen MR) is 86.4 cm³/mol. The Bertz CT molecular complexity index is 729. The van der Waals surface area contributed by atoms with Gasteiger partial charge in [-0.3, -0.25) is 9.59 Å². The van der Waals surface area contributed by atoms with E-state index in [1.54, 1.807) is 20.1 Å². The molecule has 22 heavy (non-hydrogen) atoms. The monoisotopic (exact) mass is 300 g/mol. The zero-order valence-corrected chi connectivity index (χ0v) is 13.0. The van der Waals surface area contributed by atoms with Crippen LogP contribution in [0.3, 0.4) is 0 Å². The number of hydrogen-bond donors (Lipinski definition) is 2. The molecule has 0 bridgehead atoms. The van der Waals surface area contributed by atoms with Crippen LogP contribution in [0.25, 0.3) is 10.9 Å². The SMILES string of the molecule is C/C=C/C(=O)NCCc1c(C(C)=O)[nH]c2c(OC)cccc12. The smallest absolute Gasteiger partial charge is 0.243 e. The van der Waals surface area contributed by atoms with Crippen molar-refractivity contribution < 1.29 is 14.3 Å². The number of allylic oxidation sites excluding steroid dienone is 1. The van der Waals surface area contributed by atoms with E-state index < -0.39 is 0 Å². The van der Waals surface area contributed by atoms with Gasteiger partial charge >= 0.3 is 0 Å². The summed E-state index contributed by atoms with van der Waals surface area (Å²) in [5, 5.41) is 3.75. The molecule has 2 N–H and O–H groups in total. The van der Waals surface area contributed by atoms with Gasteiger partial charge in [-0.25, -0.2) is 0 Å². The highest BCUT2D eigenvalue weighted by Crippen LogP contribution is 2.30. The minimum absolute atomic E-state index is 0.0342. The highest BCUT2D eigenvalue weighted by atomic mass is 16.5. The van der Waals surface area contributed by atoms with Gasteiger partial charge in [0.1, 0.15) is 5.75 Å². The maximum absolute atomic E-state index is 11.9. The highest BCUT2D eigenvalue weighted by molar-refractivity contribution is 6.02. The third-order valence-corrected chi connectivity index (χ3v) is 3.47. The molecule has 0 unspecified atom stereocenters. The number of carbonyl (C=O) groups is 2. The molecule has 0 fully saturated rings. The van der Waals surface area contributed by atoms with E-state index in [9.17, 15) is 9.59 Å². The van der Waals surface area contributed by atoms with Crippen molar-refractivity contribution in [3.8, 4) is 5.75 Å². The van der Waals surface area contributed by atoms with Crippen molar-refractivity contribution >= 4 is 22.6 Å². The molecule has 1 heterocycles. The van der Waals surface area contributed by atoms with E-state index in [-0.39, 0.29) is 11.7 Å². The van der Waals surface area contributed by atoms with E-state index in [1.807, 2.05) is 18.2 Å². The number of H-pyrrole nitrogens is 1. The molecule has 1 amide bonds. The number of aromatic nitrogens is 1. The summed E-state index contributed by atoms with van der Waals surface area (Å²) >= 11 is 0. The number of ether oxygens (including phenoxy) is 1. The zero-order valence-electron chi connectivity index (χ0n) is 13.0. The summed E-state index contributed by atoms with van der Waals surface area (Å²) in [5.74, 6) is 0.529. The summed E-state index contributed by atoms with van der Waals surface area (Å²) in [6, 6.07) is 5.69. The minimum Gasteiger partial charge on any atom is -0.495 e. The van der Waals surface area contributed by atoms with E-state index in [0.29, 0.717) is 24.4 Å². The lowest BCUT2D eigenvalue weighted by Gasteiger charge is -2.04. The van der Waals surface area contributed by atoms with E-state index >= 15 is 0 Å². The standard InChI is InChI=1S/C17H20N2O3/c1-4-6-15(21)18-10-9-13-12-7-5-8-14(22-3)17(12)19-16(13)11(2)20/h4-8,19H,9-10H2,1-3H3,(H,18,21)/b6-4+. The van der Waals surface area contributed by atoms with E-state index in [2.05, 4.69) is 10.3 Å². The van der Waals surface area contributed by atoms with Gasteiger partial charge in [-0.2, -0.15) is 0 Å². The molecule has 1 aromatic carbocycles. The summed E-state index contributed by atoms with van der Waals surface area (Å²) < 4.78 is 5.33. The van der Waals surface area contributed by atoms with Crippen LogP contribution in [0.15, 0.2) is 30.4 Å². The Morgan fingerprint density at radius 1 is 1.36 bits per heavy atom. The van der Waals surface area contributed by atoms with Gasteiger partial charge in [-0.1, -0.05) is 18.2 Å². The van der Waals surface area contributed by atoms with Crippen LogP contribution in [0.1, 0.15) is 29.9 Å². The zero-order chi connectivity index (χ0) is 16.1. The van der Waals surface area contributed by atoms with Crippen molar-refractivity contribution in [2.75, 3.05) is 13.7 Å². The Hall–Kier alpha value is -2.56. The summed E-state index contributed by atoms with van der Waals surface area (Å²) in [4.78, 5) is 26.5. The van der Waals surface area contributed by atoms with Crippen LogP contribution in [0.5, 0.6) is 5.75 Å². The molecule has 0 aliphatic carbocycles. The molecule has 5 nitrogen and oxygen atoms in total. The van der Waals surface area contributed by atoms with Crippen molar-refractivity contribution in [1.29, 1.82) is 0 Å². The summed E-state index contributed by atoms with van der Waals surface area (Å²) in [6.45, 7) is 3.78. The number of ketones is 1. The summed E-state index contributed by atoms with van der Waals surface area (Å²) in [5.41, 5.74) is 2.28. The number of amides is 1. The number of para-hydroxylation sites is 1. The fourth-order valence-electron chi connectivity index (χ4n) is 2.50. The average molecular weight is 300 g/mol. The molecule has 0 aliphatic heterocycles. The molecule has 0 radical (unpaired) electrons. The van der Waals surface area contributed by atoms with Crippen molar-refractivity contribution in [3.05, 3.63) is 41.6 Å². The second-order valence-electron chi connectivity index (χ2n) is 4.96. The fourth-order valence-corrected chi connectivity index (χ4v) is 2.50. The molecule has 2 rings (SSSR count). The van der Waals surface area contributed by atoms with Gasteiger partial charge in [0.25, 0.3) is 0 Å². The number of benzene rings is 1. The molecule has 0 spiro atoms. The number of aromatic amines is 1. The van der Waals surface area contributed by atoms with Crippen LogP contribution < -0.4 is 10.1 Å². The first-order valence-corrected chi connectivity index (χ1v) is 7.17. The van der Waals surface area contributed by atoms with Crippen LogP contribution in [0, 0.1) is 0 Å². The lowest BCUT2D eigenvalue weighted by molar-refractivity contribution is -0.116. The normalized spacial score (nSPS) is 11.0. The Labute approximate surface area is 129 Å². The first-order valence-electron chi connectivity index (χ1n) is 7.17. The lowest BCUT2D eigenvalue weighted by Crippen LogP contribution is -2.23. The topological polar surface area (TPSA) is 71.2 Å². The Morgan fingerprint density at radius 3 is 2.77 bits per heavy atom. The van der Waals surface area contributed by atoms with E-state index in [1.165, 1.54) is 13.0 Å². The number of rotatable bonds is 6. The van der Waals surface area contributed by atoms with Gasteiger partial charge in [0, 0.05) is 18.9 Å². The number of hydrogen-bond acceptors (Lipinski definition) is 3. The van der Waals surface area contributed by atoms with Gasteiger partial charge in [0.05, 0.1) is 18.3 Å². The number of Topliss-reactive ketones (excluding diaryl/α,β-unsaturated/α-hetero) is 1. The molecular formula is C17H20N2O3. The molecule has 1 aromatic heterocycles. The summed E-state index contributed by atoms with van der Waals surface area (Å²) in [6.07, 6.45) is 3.74. The lowest BCUT2D eigenvalue weighted by atomic mass is 10.1.